The molecule has 0 spiro atoms. The summed E-state index contributed by atoms with van der Waals surface area (Å²) in [6.45, 7) is 0. The first kappa shape index (κ1) is 18.1. The van der Waals surface area contributed by atoms with Gasteiger partial charge in [-0.25, -0.2) is 0 Å². The van der Waals surface area contributed by atoms with Gasteiger partial charge < -0.3 is 14.8 Å². The molecule has 1 aromatic carbocycles. The zero-order chi connectivity index (χ0) is 18.4. The normalized spacial score (nSPS) is 20.3. The van der Waals surface area contributed by atoms with Crippen LogP contribution in [0.3, 0.4) is 0 Å². The molecule has 1 aliphatic carbocycles. The van der Waals surface area contributed by atoms with Crippen LogP contribution in [0.25, 0.3) is 11.5 Å². The van der Waals surface area contributed by atoms with Gasteiger partial charge in [-0.2, -0.15) is 0 Å². The maximum Gasteiger partial charge on any atom is 0.308 e. The largest absolute Gasteiger partial charge is 0.481 e. The van der Waals surface area contributed by atoms with Crippen molar-refractivity contribution in [3.05, 3.63) is 36.2 Å². The molecule has 1 amide bonds. The molecule has 1 fully saturated rings. The minimum Gasteiger partial charge on any atom is -0.481 e. The summed E-state index contributed by atoms with van der Waals surface area (Å²) in [5, 5.41) is 20.3. The van der Waals surface area contributed by atoms with Crippen molar-refractivity contribution < 1.29 is 19.1 Å². The summed E-state index contributed by atoms with van der Waals surface area (Å²) in [5.74, 6) is -0.691. The van der Waals surface area contributed by atoms with Crippen LogP contribution in [-0.4, -0.2) is 33.2 Å². The molecule has 26 heavy (non-hydrogen) atoms. The Morgan fingerprint density at radius 3 is 2.65 bits per heavy atom. The van der Waals surface area contributed by atoms with Gasteiger partial charge >= 0.3 is 5.97 Å². The number of amides is 1. The number of aromatic nitrogens is 2. The van der Waals surface area contributed by atoms with Gasteiger partial charge in [0.15, 0.2) is 0 Å². The summed E-state index contributed by atoms with van der Waals surface area (Å²) in [6, 6.07) is 9.13. The van der Waals surface area contributed by atoms with Crippen LogP contribution in [0.15, 0.2) is 34.7 Å². The van der Waals surface area contributed by atoms with Gasteiger partial charge in [0.05, 0.1) is 5.92 Å². The Morgan fingerprint density at radius 2 is 1.88 bits per heavy atom. The van der Waals surface area contributed by atoms with Crippen LogP contribution in [0.1, 0.15) is 44.4 Å². The number of carboxylic acids is 1. The Hall–Kier alpha value is -2.70. The van der Waals surface area contributed by atoms with Crippen LogP contribution in [0, 0.1) is 5.92 Å². The van der Waals surface area contributed by atoms with Gasteiger partial charge in [-0.05, 0) is 25.0 Å². The Kier molecular flexibility index (Phi) is 5.99. The van der Waals surface area contributed by atoms with Crippen LogP contribution < -0.4 is 5.32 Å². The van der Waals surface area contributed by atoms with E-state index in [2.05, 4.69) is 15.5 Å². The van der Waals surface area contributed by atoms with E-state index in [-0.39, 0.29) is 18.4 Å². The highest BCUT2D eigenvalue weighted by Gasteiger charge is 2.30. The summed E-state index contributed by atoms with van der Waals surface area (Å²) in [5.41, 5.74) is 0.832. The quantitative estimate of drug-likeness (QED) is 0.770. The Labute approximate surface area is 151 Å². The molecule has 1 aliphatic rings. The highest BCUT2D eigenvalue weighted by atomic mass is 16.4. The molecule has 0 aliphatic heterocycles. The van der Waals surface area contributed by atoms with Crippen LogP contribution in [0.2, 0.25) is 0 Å². The van der Waals surface area contributed by atoms with Crippen molar-refractivity contribution in [3.8, 4) is 11.5 Å². The predicted octanol–water partition coefficient (Wildman–Crippen LogP) is 2.82. The molecular weight excluding hydrogens is 334 g/mol. The molecule has 138 valence electrons. The van der Waals surface area contributed by atoms with E-state index < -0.39 is 11.9 Å². The lowest BCUT2D eigenvalue weighted by Gasteiger charge is -2.22. The first-order valence-electron chi connectivity index (χ1n) is 9.03. The molecule has 2 N–H and O–H groups in total. The number of hydrogen-bond acceptors (Lipinski definition) is 5. The molecule has 0 bridgehead atoms. The van der Waals surface area contributed by atoms with E-state index in [1.165, 1.54) is 0 Å². The predicted molar refractivity (Wildman–Crippen MR) is 94.2 cm³/mol. The van der Waals surface area contributed by atoms with Crippen molar-refractivity contribution >= 4 is 11.9 Å². The summed E-state index contributed by atoms with van der Waals surface area (Å²) in [6.07, 6.45) is 4.70. The number of aryl methyl sites for hydroxylation is 1. The number of nitrogens with zero attached hydrogens (tertiary/aromatic N) is 2. The number of rotatable bonds is 6. The second kappa shape index (κ2) is 8.60. The van der Waals surface area contributed by atoms with Gasteiger partial charge in [0.1, 0.15) is 0 Å². The third-order valence-electron chi connectivity index (χ3n) is 4.73. The average Bonchev–Trinajstić information content (AvgIpc) is 3.00. The lowest BCUT2D eigenvalue weighted by atomic mass is 9.94. The fourth-order valence-corrected chi connectivity index (χ4v) is 3.33. The van der Waals surface area contributed by atoms with E-state index in [1.807, 2.05) is 30.3 Å². The summed E-state index contributed by atoms with van der Waals surface area (Å²) >= 11 is 0. The van der Waals surface area contributed by atoms with Crippen molar-refractivity contribution in [1.82, 2.24) is 15.5 Å². The van der Waals surface area contributed by atoms with Gasteiger partial charge in [0, 0.05) is 24.4 Å². The van der Waals surface area contributed by atoms with Gasteiger partial charge in [0.25, 0.3) is 0 Å². The van der Waals surface area contributed by atoms with Crippen molar-refractivity contribution in [2.45, 2.75) is 51.0 Å². The number of benzene rings is 1. The molecule has 0 unspecified atom stereocenters. The van der Waals surface area contributed by atoms with E-state index in [4.69, 9.17) is 4.42 Å². The van der Waals surface area contributed by atoms with E-state index in [0.717, 1.165) is 24.8 Å². The van der Waals surface area contributed by atoms with E-state index >= 15 is 0 Å². The minimum atomic E-state index is -0.832. The lowest BCUT2D eigenvalue weighted by Crippen LogP contribution is -2.42. The number of hydrogen-bond donors (Lipinski definition) is 2. The smallest absolute Gasteiger partial charge is 0.308 e. The monoisotopic (exact) mass is 357 g/mol. The first-order chi connectivity index (χ1) is 12.6. The number of carbonyl (C=O) groups excluding carboxylic acids is 1. The van der Waals surface area contributed by atoms with Crippen LogP contribution >= 0.6 is 0 Å². The molecule has 0 saturated heterocycles. The maximum atomic E-state index is 12.2. The molecule has 1 saturated carbocycles. The molecule has 2 aromatic rings. The molecule has 1 aromatic heterocycles. The average molecular weight is 357 g/mol. The summed E-state index contributed by atoms with van der Waals surface area (Å²) < 4.78 is 5.59. The van der Waals surface area contributed by atoms with Crippen molar-refractivity contribution in [2.75, 3.05) is 0 Å². The number of carboxylic acid groups (broad SMARTS) is 1. The maximum absolute atomic E-state index is 12.2. The fraction of sp³-hybridized carbons (Fsp3) is 0.474. The molecule has 7 nitrogen and oxygen atoms in total. The van der Waals surface area contributed by atoms with Crippen molar-refractivity contribution in [2.24, 2.45) is 5.92 Å². The highest BCUT2D eigenvalue weighted by molar-refractivity contribution is 5.78. The first-order valence-corrected chi connectivity index (χ1v) is 9.03. The second-order valence-electron chi connectivity index (χ2n) is 6.62. The highest BCUT2D eigenvalue weighted by Crippen LogP contribution is 2.24. The Morgan fingerprint density at radius 1 is 1.12 bits per heavy atom. The van der Waals surface area contributed by atoms with Crippen LogP contribution in [-0.2, 0) is 16.0 Å². The molecule has 0 radical (unpaired) electrons. The molecule has 1 heterocycles. The zero-order valence-corrected chi connectivity index (χ0v) is 14.6. The Balaban J connectivity index is 1.54. The van der Waals surface area contributed by atoms with Crippen molar-refractivity contribution in [1.29, 1.82) is 0 Å². The minimum absolute atomic E-state index is 0.178. The van der Waals surface area contributed by atoms with Gasteiger partial charge in [-0.3, -0.25) is 9.59 Å². The third-order valence-corrected chi connectivity index (χ3v) is 4.73. The molecule has 2 atom stereocenters. The van der Waals surface area contributed by atoms with Crippen LogP contribution in [0.4, 0.5) is 0 Å². The van der Waals surface area contributed by atoms with E-state index in [9.17, 15) is 14.7 Å². The van der Waals surface area contributed by atoms with Crippen LogP contribution in [0.5, 0.6) is 0 Å². The molecular formula is C19H23N3O4. The zero-order valence-electron chi connectivity index (χ0n) is 14.6. The van der Waals surface area contributed by atoms with E-state index in [0.29, 0.717) is 31.0 Å². The molecule has 3 rings (SSSR count). The number of carbonyl (C=O) groups is 2. The summed E-state index contributed by atoms with van der Waals surface area (Å²) in [4.78, 5) is 23.7. The van der Waals surface area contributed by atoms with Crippen molar-refractivity contribution in [3.63, 3.8) is 0 Å². The number of aliphatic carboxylic acids is 1. The van der Waals surface area contributed by atoms with Gasteiger partial charge in [-0.15, -0.1) is 10.2 Å². The fourth-order valence-electron chi connectivity index (χ4n) is 3.33. The standard InChI is InChI=1S/C19H23N3O4/c23-16(20-15-10-6-2-5-9-14(15)19(24)25)11-12-17-21-22-18(26-17)13-7-3-1-4-8-13/h1,3-4,7-8,14-15H,2,5-6,9-12H2,(H,20,23)(H,24,25)/t14-,15+/m1/s1. The molecule has 7 heteroatoms. The number of nitrogens with one attached hydrogen (secondary N) is 1. The third kappa shape index (κ3) is 4.68. The van der Waals surface area contributed by atoms with Gasteiger partial charge in [0.2, 0.25) is 17.7 Å². The lowest BCUT2D eigenvalue weighted by molar-refractivity contribution is -0.143. The SMILES string of the molecule is O=C(CCc1nnc(-c2ccccc2)o1)N[C@H]1CCCCC[C@H]1C(=O)O. The van der Waals surface area contributed by atoms with Gasteiger partial charge in [-0.1, -0.05) is 37.5 Å². The Bertz CT molecular complexity index is 744. The second-order valence-corrected chi connectivity index (χ2v) is 6.62. The summed E-state index contributed by atoms with van der Waals surface area (Å²) in [7, 11) is 0. The topological polar surface area (TPSA) is 105 Å². The van der Waals surface area contributed by atoms with E-state index in [1.54, 1.807) is 0 Å².